The van der Waals surface area contributed by atoms with Gasteiger partial charge in [0.05, 0.1) is 5.92 Å². The lowest BCUT2D eigenvalue weighted by molar-refractivity contribution is -0.167. The second-order valence-electron chi connectivity index (χ2n) is 12.6. The fourth-order valence-corrected chi connectivity index (χ4v) is 9.26. The van der Waals surface area contributed by atoms with Crippen molar-refractivity contribution in [3.8, 4) is 5.75 Å². The molecule has 3 saturated heterocycles. The summed E-state index contributed by atoms with van der Waals surface area (Å²) in [5.74, 6) is -4.46. The first-order chi connectivity index (χ1) is 22.2. The summed E-state index contributed by atoms with van der Waals surface area (Å²) >= 11 is 0. The molecule has 46 heavy (non-hydrogen) atoms. The third-order valence-corrected chi connectivity index (χ3v) is 11.3. The van der Waals surface area contributed by atoms with Gasteiger partial charge in [0, 0.05) is 22.6 Å². The van der Waals surface area contributed by atoms with E-state index in [2.05, 4.69) is 24.3 Å². The highest BCUT2D eigenvalue weighted by molar-refractivity contribution is 7.86. The van der Waals surface area contributed by atoms with Crippen molar-refractivity contribution in [2.24, 2.45) is 17.8 Å². The van der Waals surface area contributed by atoms with Crippen molar-refractivity contribution in [2.75, 3.05) is 0 Å². The molecule has 4 bridgehead atoms. The van der Waals surface area contributed by atoms with Crippen LogP contribution in [0.1, 0.15) is 40.5 Å². The van der Waals surface area contributed by atoms with Gasteiger partial charge in [-0.1, -0.05) is 72.8 Å². The summed E-state index contributed by atoms with van der Waals surface area (Å²) < 4.78 is 57.2. The average Bonchev–Trinajstić information content (AvgIpc) is 3.68. The maximum absolute atomic E-state index is 14.0. The molecule has 3 fully saturated rings. The van der Waals surface area contributed by atoms with Crippen LogP contribution < -0.4 is 4.74 Å². The molecule has 0 saturated carbocycles. The van der Waals surface area contributed by atoms with Crippen molar-refractivity contribution in [3.05, 3.63) is 107 Å². The van der Waals surface area contributed by atoms with Crippen molar-refractivity contribution in [1.82, 2.24) is 0 Å². The SMILES string of the molecule is O=C(OC1C2OC(=O)C3C2OC1C3C(=O)Oc1ccc(S(=O)(=O)O)c2ccccc12)C1CC2c3ccccc3C1c1ccccc12. The van der Waals surface area contributed by atoms with E-state index in [1.54, 1.807) is 18.2 Å². The molecule has 7 unspecified atom stereocenters. The number of carbonyl (C=O) groups is 3. The summed E-state index contributed by atoms with van der Waals surface area (Å²) in [6.45, 7) is 0. The molecule has 0 radical (unpaired) electrons. The van der Waals surface area contributed by atoms with Crippen molar-refractivity contribution in [3.63, 3.8) is 0 Å². The highest BCUT2D eigenvalue weighted by Gasteiger charge is 2.72. The summed E-state index contributed by atoms with van der Waals surface area (Å²) in [5.41, 5.74) is 4.63. The van der Waals surface area contributed by atoms with E-state index in [4.69, 9.17) is 18.9 Å². The Morgan fingerprint density at radius 2 is 1.39 bits per heavy atom. The lowest BCUT2D eigenvalue weighted by atomic mass is 9.59. The Hall–Kier alpha value is -4.58. The molecular formula is C35H26O10S. The van der Waals surface area contributed by atoms with Gasteiger partial charge in [-0.15, -0.1) is 0 Å². The Kier molecular flexibility index (Phi) is 5.85. The van der Waals surface area contributed by atoms with E-state index in [-0.39, 0.29) is 33.3 Å². The molecular weight excluding hydrogens is 612 g/mol. The maximum Gasteiger partial charge on any atom is 0.318 e. The second kappa shape index (κ2) is 9.71. The summed E-state index contributed by atoms with van der Waals surface area (Å²) in [6.07, 6.45) is -2.99. The molecule has 1 N–H and O–H groups in total. The number of carbonyl (C=O) groups excluding carboxylic acids is 3. The topological polar surface area (TPSA) is 142 Å². The minimum Gasteiger partial charge on any atom is -0.455 e. The Bertz CT molecular complexity index is 2060. The van der Waals surface area contributed by atoms with Gasteiger partial charge >= 0.3 is 17.9 Å². The zero-order valence-corrected chi connectivity index (χ0v) is 24.8. The van der Waals surface area contributed by atoms with Gasteiger partial charge in [0.1, 0.15) is 34.7 Å². The van der Waals surface area contributed by atoms with Crippen molar-refractivity contribution in [1.29, 1.82) is 0 Å². The van der Waals surface area contributed by atoms with E-state index in [0.717, 1.165) is 17.2 Å². The van der Waals surface area contributed by atoms with Crippen LogP contribution in [0.15, 0.2) is 89.8 Å². The number of ether oxygens (including phenoxy) is 4. The van der Waals surface area contributed by atoms with E-state index >= 15 is 0 Å². The first kappa shape index (κ1) is 27.7. The molecule has 3 aliphatic heterocycles. The fourth-order valence-electron chi connectivity index (χ4n) is 8.56. The van der Waals surface area contributed by atoms with Gasteiger partial charge < -0.3 is 18.9 Å². The van der Waals surface area contributed by atoms with Gasteiger partial charge in [0.25, 0.3) is 10.1 Å². The van der Waals surface area contributed by atoms with Crippen LogP contribution in [0.4, 0.5) is 0 Å². The number of benzene rings is 4. The van der Waals surface area contributed by atoms with Crippen LogP contribution in [0.5, 0.6) is 5.75 Å². The first-order valence-corrected chi connectivity index (χ1v) is 16.6. The first-order valence-electron chi connectivity index (χ1n) is 15.2. The van der Waals surface area contributed by atoms with Gasteiger partial charge in [0.15, 0.2) is 12.2 Å². The number of hydrogen-bond donors (Lipinski definition) is 1. The van der Waals surface area contributed by atoms with E-state index in [9.17, 15) is 27.4 Å². The Morgan fingerprint density at radius 1 is 0.761 bits per heavy atom. The molecule has 0 spiro atoms. The van der Waals surface area contributed by atoms with Crippen LogP contribution in [0.25, 0.3) is 10.8 Å². The van der Waals surface area contributed by atoms with Crippen LogP contribution in [-0.2, 0) is 38.7 Å². The highest BCUT2D eigenvalue weighted by Crippen LogP contribution is 2.57. The predicted molar refractivity (Wildman–Crippen MR) is 159 cm³/mol. The molecule has 3 aliphatic carbocycles. The predicted octanol–water partition coefficient (Wildman–Crippen LogP) is 4.14. The van der Waals surface area contributed by atoms with Crippen LogP contribution in [0.2, 0.25) is 0 Å². The lowest BCUT2D eigenvalue weighted by Crippen LogP contribution is -2.49. The molecule has 232 valence electrons. The molecule has 4 aromatic rings. The zero-order valence-electron chi connectivity index (χ0n) is 24.0. The van der Waals surface area contributed by atoms with Crippen LogP contribution in [-0.4, -0.2) is 55.3 Å². The van der Waals surface area contributed by atoms with Gasteiger partial charge in [-0.3, -0.25) is 18.9 Å². The third kappa shape index (κ3) is 3.82. The minimum absolute atomic E-state index is 0.0443. The molecule has 0 amide bonds. The molecule has 4 aromatic carbocycles. The quantitative estimate of drug-likeness (QED) is 0.193. The minimum atomic E-state index is -4.55. The van der Waals surface area contributed by atoms with Gasteiger partial charge in [-0.25, -0.2) is 0 Å². The van der Waals surface area contributed by atoms with Crippen molar-refractivity contribution >= 4 is 38.8 Å². The van der Waals surface area contributed by atoms with Gasteiger partial charge in [-0.05, 0) is 40.8 Å². The van der Waals surface area contributed by atoms with Crippen LogP contribution >= 0.6 is 0 Å². The molecule has 10 nitrogen and oxygen atoms in total. The molecule has 6 aliphatic rings. The summed E-state index contributed by atoms with van der Waals surface area (Å²) in [5, 5.41) is 0.439. The standard InChI is InChI=1S/C35H26O10S/c36-33(23-15-22-16-7-1-5-11-20(16)26(23)21-12-6-2-8-17(21)22)44-31-29-27(28-30(43-29)32(31)45-35(28)38)34(37)42-24-13-14-25(46(39,40)41)19-10-4-3-9-18(19)24/h1-14,22-23,26-32H,15H2,(H,39,40,41). The lowest BCUT2D eigenvalue weighted by Gasteiger charge is -2.44. The molecule has 11 heteroatoms. The summed E-state index contributed by atoms with van der Waals surface area (Å²) in [7, 11) is -4.55. The fraction of sp³-hybridized carbons (Fsp3) is 0.286. The Labute approximate surface area is 263 Å². The molecule has 0 aromatic heterocycles. The Morgan fingerprint density at radius 3 is 2.07 bits per heavy atom. The number of esters is 3. The van der Waals surface area contributed by atoms with E-state index in [1.165, 1.54) is 23.3 Å². The normalized spacial score (nSPS) is 31.3. The van der Waals surface area contributed by atoms with E-state index in [0.29, 0.717) is 6.42 Å². The largest absolute Gasteiger partial charge is 0.455 e. The van der Waals surface area contributed by atoms with Crippen LogP contribution in [0.3, 0.4) is 0 Å². The third-order valence-electron chi connectivity index (χ3n) is 10.4. The second-order valence-corrected chi connectivity index (χ2v) is 13.9. The van der Waals surface area contributed by atoms with Crippen LogP contribution in [0, 0.1) is 17.8 Å². The molecule has 7 atom stereocenters. The number of hydrogen-bond acceptors (Lipinski definition) is 9. The van der Waals surface area contributed by atoms with Gasteiger partial charge in [-0.2, -0.15) is 8.42 Å². The van der Waals surface area contributed by atoms with E-state index < -0.39 is 70.2 Å². The average molecular weight is 639 g/mol. The molecule has 10 rings (SSSR count). The smallest absolute Gasteiger partial charge is 0.318 e. The monoisotopic (exact) mass is 638 g/mol. The summed E-state index contributed by atoms with van der Waals surface area (Å²) in [4.78, 5) is 40.4. The summed E-state index contributed by atoms with van der Waals surface area (Å²) in [6, 6.07) is 25.0. The van der Waals surface area contributed by atoms with Gasteiger partial charge in [0.2, 0.25) is 0 Å². The number of rotatable bonds is 5. The molecule has 3 heterocycles. The van der Waals surface area contributed by atoms with Crippen molar-refractivity contribution in [2.45, 2.75) is 47.6 Å². The highest BCUT2D eigenvalue weighted by atomic mass is 32.2. The van der Waals surface area contributed by atoms with Crippen molar-refractivity contribution < 1.29 is 46.3 Å². The Balaban J connectivity index is 1.01. The van der Waals surface area contributed by atoms with E-state index in [1.807, 2.05) is 24.3 Å². The zero-order chi connectivity index (χ0) is 31.5. The maximum atomic E-state index is 14.0. The number of fused-ring (bicyclic) bond motifs is 3.